The topological polar surface area (TPSA) is 80.9 Å². The van der Waals surface area contributed by atoms with Crippen LogP contribution in [-0.2, 0) is 6.42 Å². The van der Waals surface area contributed by atoms with Gasteiger partial charge in [-0.2, -0.15) is 13.2 Å². The molecule has 1 aromatic carbocycles. The number of halogens is 4. The van der Waals surface area contributed by atoms with Crippen molar-refractivity contribution in [3.63, 3.8) is 0 Å². The normalized spacial score (nSPS) is 19.9. The van der Waals surface area contributed by atoms with E-state index in [-0.39, 0.29) is 17.0 Å². The van der Waals surface area contributed by atoms with Gasteiger partial charge in [-0.1, -0.05) is 0 Å². The SMILES string of the molecule is Cc1c(-c2cc3c(s2)CCCC3C(N)C(F)(F)F)c(F)cc2c(=O)[nH]c(=O)n(C3CC3)c12. The van der Waals surface area contributed by atoms with Gasteiger partial charge in [0, 0.05) is 27.3 Å². The lowest BCUT2D eigenvalue weighted by Crippen LogP contribution is -2.43. The predicted octanol–water partition coefficient (Wildman–Crippen LogP) is 4.51. The van der Waals surface area contributed by atoms with Crippen LogP contribution in [0.5, 0.6) is 0 Å². The molecule has 5 nitrogen and oxygen atoms in total. The summed E-state index contributed by atoms with van der Waals surface area (Å²) in [4.78, 5) is 28.4. The van der Waals surface area contributed by atoms with E-state index < -0.39 is 35.2 Å². The first kappa shape index (κ1) is 21.4. The third-order valence-electron chi connectivity index (χ3n) is 6.55. The van der Waals surface area contributed by atoms with Gasteiger partial charge in [-0.25, -0.2) is 9.18 Å². The van der Waals surface area contributed by atoms with E-state index >= 15 is 4.39 Å². The Morgan fingerprint density at radius 3 is 2.59 bits per heavy atom. The Labute approximate surface area is 183 Å². The first-order chi connectivity index (χ1) is 15.1. The maximum absolute atomic E-state index is 15.3. The smallest absolute Gasteiger partial charge is 0.320 e. The summed E-state index contributed by atoms with van der Waals surface area (Å²) in [6.45, 7) is 1.65. The van der Waals surface area contributed by atoms with Crippen LogP contribution in [0.3, 0.4) is 0 Å². The van der Waals surface area contributed by atoms with Gasteiger partial charge in [0.15, 0.2) is 0 Å². The van der Waals surface area contributed by atoms with Gasteiger partial charge in [-0.15, -0.1) is 11.3 Å². The second kappa shape index (κ2) is 7.28. The number of aromatic nitrogens is 2. The molecule has 1 saturated carbocycles. The van der Waals surface area contributed by atoms with Crippen LogP contribution in [-0.4, -0.2) is 21.8 Å². The average Bonchev–Trinajstić information content (AvgIpc) is 3.45. The van der Waals surface area contributed by atoms with Crippen molar-refractivity contribution in [2.75, 3.05) is 0 Å². The Hall–Kier alpha value is -2.46. The summed E-state index contributed by atoms with van der Waals surface area (Å²) in [7, 11) is 0. The minimum atomic E-state index is -4.52. The van der Waals surface area contributed by atoms with Gasteiger partial charge in [0.2, 0.25) is 0 Å². The summed E-state index contributed by atoms with van der Waals surface area (Å²) in [5.41, 5.74) is 5.91. The second-order valence-corrected chi connectivity index (χ2v) is 9.81. The van der Waals surface area contributed by atoms with E-state index in [1.165, 1.54) is 15.9 Å². The van der Waals surface area contributed by atoms with Gasteiger partial charge in [-0.3, -0.25) is 14.3 Å². The average molecular weight is 467 g/mol. The van der Waals surface area contributed by atoms with Gasteiger partial charge in [0.05, 0.1) is 10.9 Å². The Morgan fingerprint density at radius 2 is 1.94 bits per heavy atom. The summed E-state index contributed by atoms with van der Waals surface area (Å²) in [6, 6.07) is 0.695. The maximum atomic E-state index is 15.3. The van der Waals surface area contributed by atoms with E-state index in [9.17, 15) is 22.8 Å². The molecule has 2 heterocycles. The predicted molar refractivity (Wildman–Crippen MR) is 115 cm³/mol. The number of nitrogens with zero attached hydrogens (tertiary/aromatic N) is 1. The molecule has 5 rings (SSSR count). The molecule has 0 radical (unpaired) electrons. The minimum absolute atomic E-state index is 0.0513. The molecule has 2 aromatic heterocycles. The van der Waals surface area contributed by atoms with Gasteiger partial charge in [-0.05, 0) is 62.3 Å². The molecule has 0 bridgehead atoms. The molecule has 0 amide bonds. The number of fused-ring (bicyclic) bond motifs is 2. The standard InChI is InChI=1S/C22H21F4N3O2S/c1-9-17(14(23)7-13-18(9)29(10-5-6-10)21(31)28-20(13)30)16-8-12-11(19(27)22(24,25)26)3-2-4-15(12)32-16/h7-8,10-11,19H,2-6,27H2,1H3,(H,28,30,31). The van der Waals surface area contributed by atoms with Crippen LogP contribution < -0.4 is 17.0 Å². The number of hydrogen-bond acceptors (Lipinski definition) is 4. The lowest BCUT2D eigenvalue weighted by Gasteiger charge is -2.29. The third kappa shape index (κ3) is 3.31. The first-order valence-electron chi connectivity index (χ1n) is 10.5. The third-order valence-corrected chi connectivity index (χ3v) is 7.78. The number of benzene rings is 1. The van der Waals surface area contributed by atoms with Crippen molar-refractivity contribution in [3.8, 4) is 10.4 Å². The quantitative estimate of drug-likeness (QED) is 0.556. The molecule has 2 atom stereocenters. The Balaban J connectivity index is 1.72. The fourth-order valence-corrected chi connectivity index (χ4v) is 6.25. The monoisotopic (exact) mass is 467 g/mol. The summed E-state index contributed by atoms with van der Waals surface area (Å²) in [6.07, 6.45) is -1.43. The molecular formula is C22H21F4N3O2S. The van der Waals surface area contributed by atoms with Gasteiger partial charge in [0.25, 0.3) is 5.56 Å². The Morgan fingerprint density at radius 1 is 1.22 bits per heavy atom. The van der Waals surface area contributed by atoms with Crippen LogP contribution in [0.25, 0.3) is 21.3 Å². The zero-order chi connectivity index (χ0) is 22.9. The van der Waals surface area contributed by atoms with Gasteiger partial charge >= 0.3 is 11.9 Å². The zero-order valence-electron chi connectivity index (χ0n) is 17.2. The molecule has 0 aliphatic heterocycles. The maximum Gasteiger partial charge on any atom is 0.404 e. The molecule has 2 aliphatic carbocycles. The van der Waals surface area contributed by atoms with E-state index in [1.54, 1.807) is 13.0 Å². The highest BCUT2D eigenvalue weighted by molar-refractivity contribution is 7.15. The van der Waals surface area contributed by atoms with Crippen LogP contribution in [0.15, 0.2) is 21.7 Å². The summed E-state index contributed by atoms with van der Waals surface area (Å²) in [5, 5.41) is 0.0912. The molecule has 3 aromatic rings. The fourth-order valence-electron chi connectivity index (χ4n) is 4.87. The van der Waals surface area contributed by atoms with Crippen LogP contribution in [0, 0.1) is 12.7 Å². The highest BCUT2D eigenvalue weighted by Gasteiger charge is 2.44. The number of H-pyrrole nitrogens is 1. The van der Waals surface area contributed by atoms with Crippen molar-refractivity contribution in [3.05, 3.63) is 54.8 Å². The number of aromatic amines is 1. The van der Waals surface area contributed by atoms with Crippen LogP contribution in [0.4, 0.5) is 17.6 Å². The molecule has 32 heavy (non-hydrogen) atoms. The van der Waals surface area contributed by atoms with E-state index in [1.807, 2.05) is 0 Å². The number of rotatable bonds is 3. The molecule has 3 N–H and O–H groups in total. The van der Waals surface area contributed by atoms with Crippen LogP contribution in [0.1, 0.15) is 53.6 Å². The van der Waals surface area contributed by atoms with Crippen molar-refractivity contribution >= 4 is 22.2 Å². The molecule has 2 unspecified atom stereocenters. The Kier molecular flexibility index (Phi) is 4.86. The highest BCUT2D eigenvalue weighted by atomic mass is 32.1. The molecular weight excluding hydrogens is 446 g/mol. The molecule has 170 valence electrons. The van der Waals surface area contributed by atoms with E-state index in [2.05, 4.69) is 4.98 Å². The second-order valence-electron chi connectivity index (χ2n) is 8.67. The molecule has 1 fully saturated rings. The van der Waals surface area contributed by atoms with Crippen LogP contribution in [0.2, 0.25) is 0 Å². The van der Waals surface area contributed by atoms with E-state index in [0.29, 0.717) is 40.8 Å². The van der Waals surface area contributed by atoms with Crippen molar-refractivity contribution in [2.24, 2.45) is 5.73 Å². The molecule has 10 heteroatoms. The lowest BCUT2D eigenvalue weighted by atomic mass is 9.82. The lowest BCUT2D eigenvalue weighted by molar-refractivity contribution is -0.153. The number of alkyl halides is 3. The van der Waals surface area contributed by atoms with Crippen molar-refractivity contribution < 1.29 is 17.6 Å². The van der Waals surface area contributed by atoms with Gasteiger partial charge < -0.3 is 5.73 Å². The van der Waals surface area contributed by atoms with Crippen LogP contribution >= 0.6 is 11.3 Å². The molecule has 0 saturated heterocycles. The largest absolute Gasteiger partial charge is 0.404 e. The van der Waals surface area contributed by atoms with Crippen molar-refractivity contribution in [1.29, 1.82) is 0 Å². The summed E-state index contributed by atoms with van der Waals surface area (Å²) in [5.74, 6) is -1.52. The van der Waals surface area contributed by atoms with Crippen molar-refractivity contribution in [2.45, 2.75) is 63.2 Å². The van der Waals surface area contributed by atoms with E-state index in [4.69, 9.17) is 5.73 Å². The number of hydrogen-bond donors (Lipinski definition) is 2. The fraction of sp³-hybridized carbons (Fsp3) is 0.455. The Bertz CT molecular complexity index is 1350. The number of aryl methyl sites for hydroxylation is 2. The van der Waals surface area contributed by atoms with E-state index in [0.717, 1.165) is 23.8 Å². The number of thiophene rings is 1. The highest BCUT2D eigenvalue weighted by Crippen LogP contribution is 2.46. The zero-order valence-corrected chi connectivity index (χ0v) is 18.0. The molecule has 0 spiro atoms. The number of nitrogens with two attached hydrogens (primary N) is 1. The summed E-state index contributed by atoms with van der Waals surface area (Å²) < 4.78 is 56.7. The van der Waals surface area contributed by atoms with Crippen molar-refractivity contribution in [1.82, 2.24) is 9.55 Å². The molecule has 2 aliphatic rings. The first-order valence-corrected chi connectivity index (χ1v) is 11.3. The minimum Gasteiger partial charge on any atom is -0.320 e. The van der Waals surface area contributed by atoms with Gasteiger partial charge in [0.1, 0.15) is 11.9 Å². The number of nitrogens with one attached hydrogen (secondary N) is 1. The summed E-state index contributed by atoms with van der Waals surface area (Å²) >= 11 is 1.26.